The Hall–Kier alpha value is -1.19. The van der Waals surface area contributed by atoms with Crippen molar-refractivity contribution >= 4 is 11.1 Å². The van der Waals surface area contributed by atoms with Gasteiger partial charge in [-0.3, -0.25) is 4.21 Å². The second-order valence-electron chi connectivity index (χ2n) is 6.29. The van der Waals surface area contributed by atoms with Gasteiger partial charge in [0.05, 0.1) is 0 Å². The lowest BCUT2D eigenvalue weighted by Crippen LogP contribution is -2.27. The number of rotatable bonds is 2. The van der Waals surface area contributed by atoms with E-state index in [2.05, 4.69) is 50.3 Å². The molecule has 2 nitrogen and oxygen atoms in total. The van der Waals surface area contributed by atoms with Crippen LogP contribution in [0.15, 0.2) is 48.1 Å². The van der Waals surface area contributed by atoms with Crippen LogP contribution < -0.4 is 0 Å². The van der Waals surface area contributed by atoms with Crippen molar-refractivity contribution in [2.45, 2.75) is 37.4 Å². The fraction of sp³-hybridized carbons (Fsp3) is 0.412. The van der Waals surface area contributed by atoms with Crippen LogP contribution in [0.25, 0.3) is 0 Å². The van der Waals surface area contributed by atoms with Gasteiger partial charge in [-0.05, 0) is 46.0 Å². The minimum Gasteiger partial charge on any atom is -0.772 e. The standard InChI is InChI=1S/C17H20O2S/c1-11(20(18)19)12-8-9-14-13-6-4-5-7-15(13)17(2,3)16(14)10-12/h4-11,14,16H,1-3H3,(H,18,19)/p-1/t11-,14?,16?/m1/s1. The highest BCUT2D eigenvalue weighted by molar-refractivity contribution is 7.80. The summed E-state index contributed by atoms with van der Waals surface area (Å²) in [5.74, 6) is 0.711. The molecule has 1 aromatic rings. The van der Waals surface area contributed by atoms with Crippen molar-refractivity contribution in [3.8, 4) is 0 Å². The van der Waals surface area contributed by atoms with E-state index in [1.54, 1.807) is 6.92 Å². The third-order valence-electron chi connectivity index (χ3n) is 4.86. The molecule has 0 N–H and O–H groups in total. The molecule has 2 aliphatic carbocycles. The van der Waals surface area contributed by atoms with Crippen LogP contribution >= 0.6 is 0 Å². The molecule has 2 aliphatic rings. The fourth-order valence-electron chi connectivity index (χ4n) is 3.59. The van der Waals surface area contributed by atoms with Crippen molar-refractivity contribution in [3.05, 3.63) is 59.2 Å². The van der Waals surface area contributed by atoms with Gasteiger partial charge in [-0.2, -0.15) is 0 Å². The second kappa shape index (κ2) is 4.68. The molecule has 0 bridgehead atoms. The van der Waals surface area contributed by atoms with Crippen molar-refractivity contribution < 1.29 is 8.76 Å². The molecule has 0 aliphatic heterocycles. The second-order valence-corrected chi connectivity index (χ2v) is 7.52. The highest BCUT2D eigenvalue weighted by atomic mass is 32.2. The SMILES string of the molecule is C[C@H](C1=CC2C(C=C1)c1ccccc1C2(C)C)S(=O)[O-]. The Morgan fingerprint density at radius 1 is 1.30 bits per heavy atom. The summed E-state index contributed by atoms with van der Waals surface area (Å²) in [7, 11) is 0. The molecule has 0 aromatic heterocycles. The molecule has 0 radical (unpaired) electrons. The zero-order chi connectivity index (χ0) is 14.5. The summed E-state index contributed by atoms with van der Waals surface area (Å²) >= 11 is -2.06. The van der Waals surface area contributed by atoms with E-state index in [0.717, 1.165) is 5.57 Å². The Labute approximate surface area is 122 Å². The summed E-state index contributed by atoms with van der Waals surface area (Å²) in [5, 5.41) is -0.438. The number of hydrogen-bond acceptors (Lipinski definition) is 2. The van der Waals surface area contributed by atoms with Gasteiger partial charge in [0, 0.05) is 11.2 Å². The number of allylic oxidation sites excluding steroid dienone is 3. The highest BCUT2D eigenvalue weighted by Crippen LogP contribution is 2.53. The van der Waals surface area contributed by atoms with Crippen molar-refractivity contribution in [1.29, 1.82) is 0 Å². The Bertz CT molecular complexity index is 628. The zero-order valence-corrected chi connectivity index (χ0v) is 12.8. The third kappa shape index (κ3) is 1.92. The normalized spacial score (nSPS) is 29.3. The van der Waals surface area contributed by atoms with Crippen LogP contribution in [0.2, 0.25) is 0 Å². The third-order valence-corrected chi connectivity index (χ3v) is 5.71. The summed E-state index contributed by atoms with van der Waals surface area (Å²) in [6.07, 6.45) is 6.34. The monoisotopic (exact) mass is 287 g/mol. The average molecular weight is 287 g/mol. The fourth-order valence-corrected chi connectivity index (χ4v) is 3.97. The van der Waals surface area contributed by atoms with Crippen molar-refractivity contribution in [1.82, 2.24) is 0 Å². The molecule has 0 amide bonds. The molecule has 0 spiro atoms. The Morgan fingerprint density at radius 2 is 2.00 bits per heavy atom. The first-order valence-electron chi connectivity index (χ1n) is 7.00. The lowest BCUT2D eigenvalue weighted by Gasteiger charge is -2.32. The Kier molecular flexibility index (Phi) is 3.22. The molecule has 0 fully saturated rings. The molecule has 0 heterocycles. The van der Waals surface area contributed by atoms with E-state index in [1.807, 2.05) is 6.08 Å². The minimum absolute atomic E-state index is 0.0430. The molecule has 4 atom stereocenters. The molecular weight excluding hydrogens is 268 g/mol. The largest absolute Gasteiger partial charge is 0.772 e. The van der Waals surface area contributed by atoms with Crippen LogP contribution in [0.5, 0.6) is 0 Å². The lowest BCUT2D eigenvalue weighted by molar-refractivity contribution is 0.391. The maximum absolute atomic E-state index is 11.2. The Balaban J connectivity index is 2.05. The Morgan fingerprint density at radius 3 is 2.70 bits per heavy atom. The minimum atomic E-state index is -2.06. The molecule has 3 heteroatoms. The van der Waals surface area contributed by atoms with Gasteiger partial charge in [0.25, 0.3) is 0 Å². The summed E-state index contributed by atoms with van der Waals surface area (Å²) in [5.41, 5.74) is 3.72. The van der Waals surface area contributed by atoms with E-state index < -0.39 is 16.3 Å². The quantitative estimate of drug-likeness (QED) is 0.782. The van der Waals surface area contributed by atoms with Crippen LogP contribution in [-0.4, -0.2) is 14.0 Å². The predicted octanol–water partition coefficient (Wildman–Crippen LogP) is 3.44. The van der Waals surface area contributed by atoms with Crippen LogP contribution in [0.4, 0.5) is 0 Å². The van der Waals surface area contributed by atoms with E-state index in [1.165, 1.54) is 11.1 Å². The summed E-state index contributed by atoms with van der Waals surface area (Å²) in [4.78, 5) is 0. The van der Waals surface area contributed by atoms with Gasteiger partial charge in [-0.25, -0.2) is 0 Å². The first kappa shape index (κ1) is 13.8. The van der Waals surface area contributed by atoms with Gasteiger partial charge in [0.15, 0.2) is 0 Å². The molecule has 3 unspecified atom stereocenters. The van der Waals surface area contributed by atoms with Gasteiger partial charge in [0.1, 0.15) is 0 Å². The molecule has 0 saturated carbocycles. The molecule has 20 heavy (non-hydrogen) atoms. The predicted molar refractivity (Wildman–Crippen MR) is 81.3 cm³/mol. The summed E-state index contributed by atoms with van der Waals surface area (Å²) < 4.78 is 22.4. The van der Waals surface area contributed by atoms with Gasteiger partial charge >= 0.3 is 0 Å². The van der Waals surface area contributed by atoms with Crippen molar-refractivity contribution in [2.24, 2.45) is 5.92 Å². The average Bonchev–Trinajstić information content (AvgIpc) is 2.67. The molecule has 1 aromatic carbocycles. The van der Waals surface area contributed by atoms with E-state index in [9.17, 15) is 8.76 Å². The first-order valence-corrected chi connectivity index (χ1v) is 8.14. The maximum Gasteiger partial charge on any atom is 0.0433 e. The van der Waals surface area contributed by atoms with E-state index in [0.29, 0.717) is 11.8 Å². The van der Waals surface area contributed by atoms with E-state index in [-0.39, 0.29) is 5.41 Å². The summed E-state index contributed by atoms with van der Waals surface area (Å²) in [6.45, 7) is 6.25. The zero-order valence-electron chi connectivity index (χ0n) is 12.0. The maximum atomic E-state index is 11.2. The molecule has 0 saturated heterocycles. The van der Waals surface area contributed by atoms with Gasteiger partial charge in [-0.15, -0.1) is 0 Å². The van der Waals surface area contributed by atoms with Gasteiger partial charge < -0.3 is 4.55 Å². The van der Waals surface area contributed by atoms with Crippen LogP contribution in [0, 0.1) is 5.92 Å². The highest BCUT2D eigenvalue weighted by Gasteiger charge is 2.44. The van der Waals surface area contributed by atoms with Gasteiger partial charge in [0.2, 0.25) is 0 Å². The number of benzene rings is 1. The van der Waals surface area contributed by atoms with Crippen LogP contribution in [0.3, 0.4) is 0 Å². The van der Waals surface area contributed by atoms with Crippen molar-refractivity contribution in [3.63, 3.8) is 0 Å². The van der Waals surface area contributed by atoms with Crippen molar-refractivity contribution in [2.75, 3.05) is 0 Å². The lowest BCUT2D eigenvalue weighted by atomic mass is 9.73. The molecular formula is C17H19O2S-. The van der Waals surface area contributed by atoms with Crippen LogP contribution in [-0.2, 0) is 16.5 Å². The van der Waals surface area contributed by atoms with Gasteiger partial charge in [-0.1, -0.05) is 56.3 Å². The van der Waals surface area contributed by atoms with E-state index in [4.69, 9.17) is 0 Å². The number of hydrogen-bond donors (Lipinski definition) is 0. The topological polar surface area (TPSA) is 40.1 Å². The number of fused-ring (bicyclic) bond motifs is 3. The van der Waals surface area contributed by atoms with E-state index >= 15 is 0 Å². The van der Waals surface area contributed by atoms with Crippen LogP contribution in [0.1, 0.15) is 37.8 Å². The smallest absolute Gasteiger partial charge is 0.0433 e. The summed E-state index contributed by atoms with van der Waals surface area (Å²) in [6, 6.07) is 8.56. The first-order chi connectivity index (χ1) is 9.43. The molecule has 3 rings (SSSR count). The molecule has 106 valence electrons.